The lowest BCUT2D eigenvalue weighted by Crippen LogP contribution is -2.23. The van der Waals surface area contributed by atoms with Gasteiger partial charge in [-0.05, 0) is 6.92 Å². The molecular formula is C7H8N4S. The van der Waals surface area contributed by atoms with E-state index in [1.807, 2.05) is 4.90 Å². The number of hydrogen-bond acceptors (Lipinski definition) is 5. The van der Waals surface area contributed by atoms with E-state index < -0.39 is 0 Å². The first-order valence-electron chi connectivity index (χ1n) is 3.69. The molecule has 1 aromatic heterocycles. The summed E-state index contributed by atoms with van der Waals surface area (Å²) in [5.41, 5.74) is 0. The molecular weight excluding hydrogens is 172 g/mol. The van der Waals surface area contributed by atoms with Crippen molar-refractivity contribution in [2.24, 2.45) is 4.40 Å². The quantitative estimate of drug-likeness (QED) is 0.612. The first kappa shape index (κ1) is 7.54. The van der Waals surface area contributed by atoms with Crippen LogP contribution in [0.5, 0.6) is 0 Å². The van der Waals surface area contributed by atoms with E-state index in [9.17, 15) is 0 Å². The predicted octanol–water partition coefficient (Wildman–Crippen LogP) is 1.35. The van der Waals surface area contributed by atoms with Crippen LogP contribution >= 0.6 is 11.9 Å². The Kier molecular flexibility index (Phi) is 1.95. The lowest BCUT2D eigenvalue weighted by molar-refractivity contribution is 0.974. The molecule has 2 heterocycles. The molecule has 1 aliphatic heterocycles. The van der Waals surface area contributed by atoms with Crippen molar-refractivity contribution in [3.8, 4) is 0 Å². The number of rotatable bonds is 1. The van der Waals surface area contributed by atoms with E-state index in [1.54, 1.807) is 18.9 Å². The first-order chi connectivity index (χ1) is 5.92. The Hall–Kier alpha value is -1.10. The van der Waals surface area contributed by atoms with Crippen LogP contribution in [0.15, 0.2) is 21.8 Å². The van der Waals surface area contributed by atoms with Crippen LogP contribution in [0, 0.1) is 0 Å². The average Bonchev–Trinajstić information content (AvgIpc) is 2.17. The van der Waals surface area contributed by atoms with Gasteiger partial charge in [0.05, 0.1) is 4.90 Å². The monoisotopic (exact) mass is 180 g/mol. The Balaban J connectivity index is 2.43. The Bertz CT molecular complexity index is 312. The number of aromatic nitrogens is 2. The molecule has 0 saturated carbocycles. The van der Waals surface area contributed by atoms with Crippen LogP contribution in [0.4, 0.5) is 5.82 Å². The molecule has 0 radical (unpaired) electrons. The zero-order valence-electron chi connectivity index (χ0n) is 6.64. The van der Waals surface area contributed by atoms with Crippen molar-refractivity contribution in [2.45, 2.75) is 11.8 Å². The Morgan fingerprint density at radius 2 is 2.50 bits per heavy atom. The second-order valence-electron chi connectivity index (χ2n) is 2.31. The van der Waals surface area contributed by atoms with Crippen LogP contribution in [0.3, 0.4) is 0 Å². The van der Waals surface area contributed by atoms with Gasteiger partial charge < -0.3 is 4.90 Å². The highest BCUT2D eigenvalue weighted by Gasteiger charge is 2.13. The molecule has 0 atom stereocenters. The lowest BCUT2D eigenvalue weighted by Gasteiger charge is -2.20. The summed E-state index contributed by atoms with van der Waals surface area (Å²) in [5.74, 6) is 0.951. The van der Waals surface area contributed by atoms with Crippen molar-refractivity contribution >= 4 is 24.1 Å². The van der Waals surface area contributed by atoms with Crippen molar-refractivity contribution in [3.05, 3.63) is 12.5 Å². The highest BCUT2D eigenvalue weighted by Crippen LogP contribution is 2.30. The molecule has 2 rings (SSSR count). The first-order valence-corrected chi connectivity index (χ1v) is 4.46. The second-order valence-corrected chi connectivity index (χ2v) is 3.14. The number of fused-ring (bicyclic) bond motifs is 1. The molecule has 0 saturated heterocycles. The van der Waals surface area contributed by atoms with Crippen molar-refractivity contribution in [2.75, 3.05) is 11.4 Å². The van der Waals surface area contributed by atoms with Crippen LogP contribution in [-0.2, 0) is 0 Å². The summed E-state index contributed by atoms with van der Waals surface area (Å²) >= 11 is 1.41. The highest BCUT2D eigenvalue weighted by molar-refractivity contribution is 7.98. The third kappa shape index (κ3) is 1.16. The smallest absolute Gasteiger partial charge is 0.152 e. The summed E-state index contributed by atoms with van der Waals surface area (Å²) in [6, 6.07) is 0. The highest BCUT2D eigenvalue weighted by atomic mass is 32.2. The minimum absolute atomic E-state index is 0.883. The maximum atomic E-state index is 4.17. The van der Waals surface area contributed by atoms with Gasteiger partial charge in [-0.3, -0.25) is 0 Å². The molecule has 0 N–H and O–H groups in total. The van der Waals surface area contributed by atoms with Gasteiger partial charge in [-0.2, -0.15) is 0 Å². The van der Waals surface area contributed by atoms with E-state index in [4.69, 9.17) is 0 Å². The Labute approximate surface area is 74.9 Å². The summed E-state index contributed by atoms with van der Waals surface area (Å²) < 4.78 is 4.11. The van der Waals surface area contributed by atoms with Gasteiger partial charge in [0.15, 0.2) is 5.82 Å². The van der Waals surface area contributed by atoms with Gasteiger partial charge in [-0.25, -0.2) is 14.4 Å². The fraction of sp³-hybridized carbons (Fsp3) is 0.286. The minimum atomic E-state index is 0.883. The molecule has 1 aliphatic rings. The SMILES string of the molecule is CCN1C=NSc2cncnc21. The van der Waals surface area contributed by atoms with Crippen LogP contribution in [0.25, 0.3) is 0 Å². The molecule has 0 fully saturated rings. The fourth-order valence-corrected chi connectivity index (χ4v) is 1.65. The standard InChI is InChI=1S/C7H8N4S/c1-2-11-5-10-12-6-3-8-4-9-7(6)11/h3-5H,2H2,1H3. The van der Waals surface area contributed by atoms with E-state index in [0.717, 1.165) is 17.3 Å². The molecule has 0 spiro atoms. The summed E-state index contributed by atoms with van der Waals surface area (Å²) in [6.45, 7) is 2.95. The molecule has 1 aromatic rings. The van der Waals surface area contributed by atoms with E-state index in [0.29, 0.717) is 0 Å². The zero-order valence-corrected chi connectivity index (χ0v) is 7.45. The van der Waals surface area contributed by atoms with Crippen molar-refractivity contribution in [3.63, 3.8) is 0 Å². The van der Waals surface area contributed by atoms with Crippen molar-refractivity contribution in [1.82, 2.24) is 9.97 Å². The molecule has 0 amide bonds. The van der Waals surface area contributed by atoms with E-state index in [2.05, 4.69) is 21.3 Å². The molecule has 12 heavy (non-hydrogen) atoms. The molecule has 0 bridgehead atoms. The molecule has 62 valence electrons. The average molecular weight is 180 g/mol. The third-order valence-electron chi connectivity index (χ3n) is 1.61. The molecule has 4 nitrogen and oxygen atoms in total. The predicted molar refractivity (Wildman–Crippen MR) is 49.4 cm³/mol. The normalized spacial score (nSPS) is 14.6. The van der Waals surface area contributed by atoms with Crippen molar-refractivity contribution in [1.29, 1.82) is 0 Å². The number of anilines is 1. The summed E-state index contributed by atoms with van der Waals surface area (Å²) in [7, 11) is 0. The zero-order chi connectivity index (χ0) is 8.39. The summed E-state index contributed by atoms with van der Waals surface area (Å²) in [5, 5.41) is 0. The Morgan fingerprint density at radius 3 is 3.33 bits per heavy atom. The van der Waals surface area contributed by atoms with Gasteiger partial charge >= 0.3 is 0 Å². The van der Waals surface area contributed by atoms with Crippen LogP contribution in [0.1, 0.15) is 6.92 Å². The van der Waals surface area contributed by atoms with Crippen LogP contribution < -0.4 is 4.90 Å². The maximum Gasteiger partial charge on any atom is 0.152 e. The van der Waals surface area contributed by atoms with Crippen LogP contribution in [0.2, 0.25) is 0 Å². The minimum Gasteiger partial charge on any atom is -0.316 e. The summed E-state index contributed by atoms with van der Waals surface area (Å²) in [6.07, 6.45) is 5.13. The number of hydrogen-bond donors (Lipinski definition) is 0. The van der Waals surface area contributed by atoms with Gasteiger partial charge in [-0.1, -0.05) is 0 Å². The lowest BCUT2D eigenvalue weighted by atomic mass is 10.5. The van der Waals surface area contributed by atoms with E-state index in [1.165, 1.54) is 11.9 Å². The van der Waals surface area contributed by atoms with Crippen LogP contribution in [-0.4, -0.2) is 22.9 Å². The van der Waals surface area contributed by atoms with Gasteiger partial charge in [0.1, 0.15) is 12.7 Å². The summed E-state index contributed by atoms with van der Waals surface area (Å²) in [4.78, 5) is 11.1. The Morgan fingerprint density at radius 1 is 1.58 bits per heavy atom. The molecule has 0 aromatic carbocycles. The maximum absolute atomic E-state index is 4.17. The van der Waals surface area contributed by atoms with E-state index in [-0.39, 0.29) is 0 Å². The van der Waals surface area contributed by atoms with Gasteiger partial charge in [0.2, 0.25) is 0 Å². The molecule has 5 heteroatoms. The largest absolute Gasteiger partial charge is 0.316 e. The van der Waals surface area contributed by atoms with Crippen molar-refractivity contribution < 1.29 is 0 Å². The van der Waals surface area contributed by atoms with Gasteiger partial charge in [-0.15, -0.1) is 0 Å². The third-order valence-corrected chi connectivity index (χ3v) is 2.29. The fourth-order valence-electron chi connectivity index (χ4n) is 1.01. The molecule has 0 aliphatic carbocycles. The van der Waals surface area contributed by atoms with Gasteiger partial charge in [0.25, 0.3) is 0 Å². The van der Waals surface area contributed by atoms with Gasteiger partial charge in [0, 0.05) is 24.7 Å². The van der Waals surface area contributed by atoms with E-state index >= 15 is 0 Å². The number of nitrogens with zero attached hydrogens (tertiary/aromatic N) is 4. The second kappa shape index (κ2) is 3.10. The molecule has 0 unspecified atom stereocenters. The topological polar surface area (TPSA) is 41.4 Å².